The lowest BCUT2D eigenvalue weighted by molar-refractivity contribution is 0.0837. The minimum absolute atomic E-state index is 0.106. The highest BCUT2D eigenvalue weighted by Gasteiger charge is 2.15. The first-order valence-electron chi connectivity index (χ1n) is 7.32. The summed E-state index contributed by atoms with van der Waals surface area (Å²) in [6.07, 6.45) is -0.102. The van der Waals surface area contributed by atoms with E-state index in [-0.39, 0.29) is 18.1 Å². The van der Waals surface area contributed by atoms with E-state index in [0.717, 1.165) is 10.6 Å². The minimum Gasteiger partial charge on any atom is -0.491 e. The molecule has 23 heavy (non-hydrogen) atoms. The molecule has 0 spiro atoms. The number of ether oxygens (including phenoxy) is 2. The quantitative estimate of drug-likeness (QED) is 0.807. The third-order valence-electron chi connectivity index (χ3n) is 3.13. The van der Waals surface area contributed by atoms with Gasteiger partial charge in [-0.3, -0.25) is 4.79 Å². The summed E-state index contributed by atoms with van der Waals surface area (Å²) in [6.45, 7) is 4.31. The Hall–Kier alpha value is -1.56. The zero-order valence-electron chi connectivity index (χ0n) is 13.3. The first-order chi connectivity index (χ1) is 11.0. The van der Waals surface area contributed by atoms with Crippen LogP contribution in [-0.2, 0) is 4.74 Å². The maximum absolute atomic E-state index is 12.2. The summed E-state index contributed by atoms with van der Waals surface area (Å²) in [5.74, 6) is 0.602. The molecule has 2 rings (SSSR count). The van der Waals surface area contributed by atoms with Gasteiger partial charge < -0.3 is 14.8 Å². The highest BCUT2D eigenvalue weighted by molar-refractivity contribution is 7.16. The van der Waals surface area contributed by atoms with Gasteiger partial charge in [-0.1, -0.05) is 11.6 Å². The summed E-state index contributed by atoms with van der Waals surface area (Å²) in [4.78, 5) is 13.2. The molecule has 1 unspecified atom stereocenters. The fourth-order valence-corrected chi connectivity index (χ4v) is 3.18. The van der Waals surface area contributed by atoms with Gasteiger partial charge in [0.1, 0.15) is 11.9 Å². The average Bonchev–Trinajstić information content (AvgIpc) is 2.94. The first-order valence-corrected chi connectivity index (χ1v) is 8.52. The van der Waals surface area contributed by atoms with Crippen molar-refractivity contribution in [2.24, 2.45) is 0 Å². The van der Waals surface area contributed by atoms with Gasteiger partial charge in [-0.05, 0) is 50.2 Å². The third-order valence-corrected chi connectivity index (χ3v) is 4.46. The maximum atomic E-state index is 12.2. The smallest absolute Gasteiger partial charge is 0.251 e. The molecule has 0 fully saturated rings. The summed E-state index contributed by atoms with van der Waals surface area (Å²) >= 11 is 7.38. The molecule has 1 N–H and O–H groups in total. The van der Waals surface area contributed by atoms with E-state index in [1.807, 2.05) is 26.0 Å². The number of methoxy groups -OCH3 is 1. The van der Waals surface area contributed by atoms with Crippen LogP contribution in [0.25, 0.3) is 0 Å². The fraction of sp³-hybridized carbons (Fsp3) is 0.353. The molecule has 0 saturated carbocycles. The molecule has 1 heterocycles. The summed E-state index contributed by atoms with van der Waals surface area (Å²) in [6, 6.07) is 10.8. The number of amides is 1. The highest BCUT2D eigenvalue weighted by atomic mass is 35.5. The molecule has 1 aromatic carbocycles. The fourth-order valence-electron chi connectivity index (χ4n) is 2.05. The number of rotatable bonds is 7. The van der Waals surface area contributed by atoms with Gasteiger partial charge in [-0.15, -0.1) is 11.3 Å². The van der Waals surface area contributed by atoms with Gasteiger partial charge >= 0.3 is 0 Å². The van der Waals surface area contributed by atoms with Crippen molar-refractivity contribution < 1.29 is 14.3 Å². The Balaban J connectivity index is 1.93. The predicted molar refractivity (Wildman–Crippen MR) is 93.6 cm³/mol. The van der Waals surface area contributed by atoms with Crippen LogP contribution in [0.5, 0.6) is 5.75 Å². The Morgan fingerprint density at radius 1 is 1.22 bits per heavy atom. The number of carbonyl (C=O) groups is 1. The van der Waals surface area contributed by atoms with E-state index >= 15 is 0 Å². The van der Waals surface area contributed by atoms with Crippen molar-refractivity contribution in [2.45, 2.75) is 26.1 Å². The SMILES string of the molecule is COC(CNC(=O)c1ccc(OC(C)C)cc1)c1ccc(Cl)s1. The number of hydrogen-bond donors (Lipinski definition) is 1. The number of benzene rings is 1. The topological polar surface area (TPSA) is 47.6 Å². The largest absolute Gasteiger partial charge is 0.491 e. The lowest BCUT2D eigenvalue weighted by atomic mass is 10.2. The van der Waals surface area contributed by atoms with Crippen LogP contribution in [0.3, 0.4) is 0 Å². The minimum atomic E-state index is -0.208. The van der Waals surface area contributed by atoms with Gasteiger partial charge in [-0.2, -0.15) is 0 Å². The molecule has 0 bridgehead atoms. The van der Waals surface area contributed by atoms with E-state index in [0.29, 0.717) is 16.4 Å². The van der Waals surface area contributed by atoms with Crippen LogP contribution in [0.1, 0.15) is 35.2 Å². The lowest BCUT2D eigenvalue weighted by Gasteiger charge is -2.15. The van der Waals surface area contributed by atoms with Gasteiger partial charge in [0.15, 0.2) is 0 Å². The predicted octanol–water partition coefficient (Wildman–Crippen LogP) is 4.31. The van der Waals surface area contributed by atoms with Gasteiger partial charge in [0.25, 0.3) is 5.91 Å². The van der Waals surface area contributed by atoms with Crippen molar-refractivity contribution in [3.8, 4) is 5.75 Å². The molecule has 0 aliphatic rings. The second kappa shape index (κ2) is 8.34. The van der Waals surface area contributed by atoms with Crippen LogP contribution in [0, 0.1) is 0 Å². The van der Waals surface area contributed by atoms with Crippen molar-refractivity contribution in [3.63, 3.8) is 0 Å². The Bertz CT molecular complexity index is 640. The van der Waals surface area contributed by atoms with E-state index in [4.69, 9.17) is 21.1 Å². The third kappa shape index (κ3) is 5.23. The molecule has 0 aliphatic heterocycles. The summed E-state index contributed by atoms with van der Waals surface area (Å²) < 4.78 is 11.7. The molecule has 1 amide bonds. The normalized spacial score (nSPS) is 12.2. The molecule has 1 atom stereocenters. The summed E-state index contributed by atoms with van der Waals surface area (Å²) in [7, 11) is 1.61. The van der Waals surface area contributed by atoms with Crippen LogP contribution in [-0.4, -0.2) is 25.7 Å². The van der Waals surface area contributed by atoms with Crippen LogP contribution in [0.15, 0.2) is 36.4 Å². The van der Waals surface area contributed by atoms with Crippen molar-refractivity contribution in [3.05, 3.63) is 51.2 Å². The summed E-state index contributed by atoms with van der Waals surface area (Å²) in [5, 5.41) is 2.88. The zero-order valence-corrected chi connectivity index (χ0v) is 14.9. The second-order valence-electron chi connectivity index (χ2n) is 5.27. The standard InChI is InChI=1S/C17H20ClNO3S/c1-11(2)22-13-6-4-12(5-7-13)17(20)19-10-14(21-3)15-8-9-16(18)23-15/h4-9,11,14H,10H2,1-3H3,(H,19,20). The molecular weight excluding hydrogens is 334 g/mol. The van der Waals surface area contributed by atoms with Crippen molar-refractivity contribution in [2.75, 3.05) is 13.7 Å². The van der Waals surface area contributed by atoms with Crippen LogP contribution >= 0.6 is 22.9 Å². The molecule has 4 nitrogen and oxygen atoms in total. The number of halogens is 1. The second-order valence-corrected chi connectivity index (χ2v) is 7.01. The van der Waals surface area contributed by atoms with Gasteiger partial charge in [0.2, 0.25) is 0 Å². The van der Waals surface area contributed by atoms with Crippen molar-refractivity contribution in [1.82, 2.24) is 5.32 Å². The number of nitrogens with one attached hydrogen (secondary N) is 1. The van der Waals surface area contributed by atoms with Gasteiger partial charge in [0.05, 0.1) is 10.4 Å². The Morgan fingerprint density at radius 3 is 2.43 bits per heavy atom. The number of carbonyl (C=O) groups excluding carboxylic acids is 1. The highest BCUT2D eigenvalue weighted by Crippen LogP contribution is 2.28. The van der Waals surface area contributed by atoms with Gasteiger partial charge in [-0.25, -0.2) is 0 Å². The monoisotopic (exact) mass is 353 g/mol. The Labute approximate surface area is 145 Å². The Kier molecular flexibility index (Phi) is 6.45. The molecule has 6 heteroatoms. The number of hydrogen-bond acceptors (Lipinski definition) is 4. The van der Waals surface area contributed by atoms with Crippen LogP contribution in [0.2, 0.25) is 4.34 Å². The van der Waals surface area contributed by atoms with Gasteiger partial charge in [0, 0.05) is 24.1 Å². The molecule has 0 aliphatic carbocycles. The molecule has 2 aromatic rings. The maximum Gasteiger partial charge on any atom is 0.251 e. The van der Waals surface area contributed by atoms with Crippen molar-refractivity contribution >= 4 is 28.8 Å². The van der Waals surface area contributed by atoms with E-state index in [1.54, 1.807) is 31.4 Å². The summed E-state index contributed by atoms with van der Waals surface area (Å²) in [5.41, 5.74) is 0.583. The van der Waals surface area contributed by atoms with Crippen LogP contribution in [0.4, 0.5) is 0 Å². The van der Waals surface area contributed by atoms with E-state index in [1.165, 1.54) is 11.3 Å². The first kappa shape index (κ1) is 17.8. The van der Waals surface area contributed by atoms with E-state index in [2.05, 4.69) is 5.32 Å². The molecular formula is C17H20ClNO3S. The number of thiophene rings is 1. The molecule has 0 saturated heterocycles. The average molecular weight is 354 g/mol. The molecule has 124 valence electrons. The van der Waals surface area contributed by atoms with Crippen molar-refractivity contribution in [1.29, 1.82) is 0 Å². The van der Waals surface area contributed by atoms with E-state index < -0.39 is 0 Å². The Morgan fingerprint density at radius 2 is 1.91 bits per heavy atom. The lowest BCUT2D eigenvalue weighted by Crippen LogP contribution is -2.28. The molecule has 0 radical (unpaired) electrons. The van der Waals surface area contributed by atoms with Crippen LogP contribution < -0.4 is 10.1 Å². The van der Waals surface area contributed by atoms with E-state index in [9.17, 15) is 4.79 Å². The zero-order chi connectivity index (χ0) is 16.8. The molecule has 1 aromatic heterocycles.